The molecule has 12 nitrogen and oxygen atoms in total. The molecule has 3 heterocycles. The molecule has 0 radical (unpaired) electrons. The molecule has 3 aliphatic heterocycles. The number of benzene rings is 6. The van der Waals surface area contributed by atoms with Gasteiger partial charge in [-0.1, -0.05) is 158 Å². The van der Waals surface area contributed by atoms with Gasteiger partial charge in [0.2, 0.25) is 0 Å². The minimum absolute atomic E-state index is 0.963. The lowest BCUT2D eigenvalue weighted by molar-refractivity contribution is 0.233. The zero-order chi connectivity index (χ0) is 53.1. The summed E-state index contributed by atoms with van der Waals surface area (Å²) >= 11 is 0. The van der Waals surface area contributed by atoms with Crippen molar-refractivity contribution in [3.8, 4) is 22.3 Å². The van der Waals surface area contributed by atoms with Crippen molar-refractivity contribution in [1.82, 2.24) is 61.3 Å². The van der Waals surface area contributed by atoms with Crippen molar-refractivity contribution < 1.29 is 0 Å². The molecule has 0 aliphatic carbocycles. The fourth-order valence-electron chi connectivity index (χ4n) is 11.1. The van der Waals surface area contributed by atoms with Crippen LogP contribution in [0.15, 0.2) is 158 Å². The van der Waals surface area contributed by atoms with Gasteiger partial charge < -0.3 is 31.9 Å². The average molecular weight is 1050 g/mol. The van der Waals surface area contributed by atoms with E-state index in [1.165, 1.54) is 55.6 Å². The van der Waals surface area contributed by atoms with Crippen molar-refractivity contribution in [2.45, 2.75) is 39.3 Å². The van der Waals surface area contributed by atoms with Crippen molar-refractivity contribution in [3.05, 3.63) is 191 Å². The first-order valence-electron chi connectivity index (χ1n) is 29.7. The van der Waals surface area contributed by atoms with E-state index in [2.05, 4.69) is 219 Å². The molecule has 0 bridgehead atoms. The van der Waals surface area contributed by atoms with Crippen molar-refractivity contribution in [2.75, 3.05) is 157 Å². The zero-order valence-electron chi connectivity index (χ0n) is 46.9. The molecule has 6 N–H and O–H groups in total. The summed E-state index contributed by atoms with van der Waals surface area (Å²) in [7, 11) is 0. The Hall–Kier alpha value is -5.16. The largest absolute Gasteiger partial charge is 0.314 e. The van der Waals surface area contributed by atoms with Gasteiger partial charge >= 0.3 is 0 Å². The number of hydrogen-bond donors (Lipinski definition) is 6. The summed E-state index contributed by atoms with van der Waals surface area (Å²) < 4.78 is 0. The first-order chi connectivity index (χ1) is 38.6. The summed E-state index contributed by atoms with van der Waals surface area (Å²) in [5.74, 6) is 0. The predicted octanol–water partition coefficient (Wildman–Crippen LogP) is 6.51. The van der Waals surface area contributed by atoms with Gasteiger partial charge in [-0.2, -0.15) is 0 Å². The standard InChI is InChI=1S/C66H92N12/c1-3-7-57(8-4-1)51-73-39-27-67-31-43-75(44-32-68-28-40-73)53-59-11-19-63(20-12-59)65-23-15-61(16-24-65)55-77-47-35-71-37-49-78(50-38-72-36-48-77)56-62-17-25-66(26-18-62)64-21-13-60(14-22-64)54-76-45-33-69-29-41-74(42-30-70-34-46-76)52-58-9-5-2-6-10-58/h1-26,67-72H,27-56H2. The average Bonchev–Trinajstić information content (AvgIpc) is 3.47. The van der Waals surface area contributed by atoms with E-state index in [9.17, 15) is 0 Å². The van der Waals surface area contributed by atoms with Crippen LogP contribution in [0.2, 0.25) is 0 Å². The lowest BCUT2D eigenvalue weighted by Crippen LogP contribution is -2.42. The summed E-state index contributed by atoms with van der Waals surface area (Å²) in [6.07, 6.45) is 0. The molecule has 3 saturated heterocycles. The van der Waals surface area contributed by atoms with Crippen LogP contribution in [0, 0.1) is 0 Å². The van der Waals surface area contributed by atoms with Crippen LogP contribution >= 0.6 is 0 Å². The highest BCUT2D eigenvalue weighted by atomic mass is 15.2. The highest BCUT2D eigenvalue weighted by molar-refractivity contribution is 5.65. The number of rotatable bonds is 14. The molecule has 0 unspecified atom stereocenters. The van der Waals surface area contributed by atoms with Crippen LogP contribution in [0.3, 0.4) is 0 Å². The second-order valence-corrected chi connectivity index (χ2v) is 21.9. The second-order valence-electron chi connectivity index (χ2n) is 21.9. The van der Waals surface area contributed by atoms with E-state index in [0.29, 0.717) is 0 Å². The fraction of sp³-hybridized carbons (Fsp3) is 0.455. The minimum Gasteiger partial charge on any atom is -0.314 e. The molecule has 3 aliphatic rings. The SMILES string of the molecule is c1ccc(CN2CCNCCN(Cc3ccc(-c4ccc(CN5CCNCCN(Cc6ccc(-c7ccc(CN8CCNCCN(Cc9ccccc9)CCNCC8)cc7)cc6)CCNCC5)cc4)cc3)CCNCC2)cc1. The van der Waals surface area contributed by atoms with Crippen LogP contribution in [0.1, 0.15) is 33.4 Å². The molecule has 0 spiro atoms. The van der Waals surface area contributed by atoms with E-state index in [4.69, 9.17) is 0 Å². The fourth-order valence-corrected chi connectivity index (χ4v) is 11.1. The number of nitrogens with zero attached hydrogens (tertiary/aromatic N) is 6. The van der Waals surface area contributed by atoms with E-state index >= 15 is 0 Å². The van der Waals surface area contributed by atoms with Gasteiger partial charge in [0.25, 0.3) is 0 Å². The molecular weight excluding hydrogens is 961 g/mol. The molecule has 416 valence electrons. The van der Waals surface area contributed by atoms with Crippen molar-refractivity contribution in [3.63, 3.8) is 0 Å². The maximum atomic E-state index is 3.78. The van der Waals surface area contributed by atoms with Crippen LogP contribution in [0.4, 0.5) is 0 Å². The van der Waals surface area contributed by atoms with Crippen LogP contribution in [-0.2, 0) is 39.3 Å². The second kappa shape index (κ2) is 32.8. The first-order valence-corrected chi connectivity index (χ1v) is 29.7. The Kier molecular flexibility index (Phi) is 24.2. The Bertz CT molecular complexity index is 2310. The topological polar surface area (TPSA) is 91.6 Å². The quantitative estimate of drug-likeness (QED) is 0.0720. The lowest BCUT2D eigenvalue weighted by atomic mass is 10.0. The van der Waals surface area contributed by atoms with Crippen molar-refractivity contribution >= 4 is 0 Å². The normalized spacial score (nSPS) is 19.3. The summed E-state index contributed by atoms with van der Waals surface area (Å²) in [6, 6.07) is 58.8. The maximum Gasteiger partial charge on any atom is 0.0234 e. The van der Waals surface area contributed by atoms with Crippen LogP contribution in [0.5, 0.6) is 0 Å². The van der Waals surface area contributed by atoms with Crippen LogP contribution in [-0.4, -0.2) is 186 Å². The third-order valence-corrected chi connectivity index (χ3v) is 15.9. The smallest absolute Gasteiger partial charge is 0.0234 e. The molecule has 9 rings (SSSR count). The Morgan fingerprint density at radius 2 is 0.346 bits per heavy atom. The third kappa shape index (κ3) is 20.2. The molecule has 3 fully saturated rings. The Morgan fingerprint density at radius 3 is 0.513 bits per heavy atom. The number of hydrogen-bond acceptors (Lipinski definition) is 12. The van der Waals surface area contributed by atoms with Gasteiger partial charge in [0.05, 0.1) is 0 Å². The molecular formula is C66H92N12. The number of nitrogens with one attached hydrogen (secondary N) is 6. The van der Waals surface area contributed by atoms with Crippen molar-refractivity contribution in [2.24, 2.45) is 0 Å². The molecule has 6 aromatic rings. The summed E-state index contributed by atoms with van der Waals surface area (Å²) in [5.41, 5.74) is 13.4. The van der Waals surface area contributed by atoms with Gasteiger partial charge in [0, 0.05) is 196 Å². The molecule has 0 saturated carbocycles. The van der Waals surface area contributed by atoms with E-state index in [-0.39, 0.29) is 0 Å². The molecule has 78 heavy (non-hydrogen) atoms. The third-order valence-electron chi connectivity index (χ3n) is 15.9. The molecule has 6 aromatic carbocycles. The summed E-state index contributed by atoms with van der Waals surface area (Å²) in [6.45, 7) is 30.6. The van der Waals surface area contributed by atoms with Gasteiger partial charge in [-0.25, -0.2) is 0 Å². The van der Waals surface area contributed by atoms with Gasteiger partial charge in [0.1, 0.15) is 0 Å². The molecule has 0 aromatic heterocycles. The predicted molar refractivity (Wildman–Crippen MR) is 326 cm³/mol. The Labute approximate surface area is 469 Å². The first kappa shape index (κ1) is 57.5. The van der Waals surface area contributed by atoms with E-state index in [0.717, 1.165) is 196 Å². The lowest BCUT2D eigenvalue weighted by Gasteiger charge is -2.27. The van der Waals surface area contributed by atoms with Gasteiger partial charge in [-0.15, -0.1) is 0 Å². The van der Waals surface area contributed by atoms with Gasteiger partial charge in [0.15, 0.2) is 0 Å². The van der Waals surface area contributed by atoms with Crippen LogP contribution < -0.4 is 31.9 Å². The van der Waals surface area contributed by atoms with Crippen LogP contribution in [0.25, 0.3) is 22.3 Å². The summed E-state index contributed by atoms with van der Waals surface area (Å²) in [4.78, 5) is 15.5. The maximum absolute atomic E-state index is 3.78. The van der Waals surface area contributed by atoms with E-state index in [1.807, 2.05) is 0 Å². The van der Waals surface area contributed by atoms with Crippen molar-refractivity contribution in [1.29, 1.82) is 0 Å². The Morgan fingerprint density at radius 1 is 0.192 bits per heavy atom. The van der Waals surface area contributed by atoms with Gasteiger partial charge in [-0.3, -0.25) is 29.4 Å². The van der Waals surface area contributed by atoms with Gasteiger partial charge in [-0.05, 0) is 55.6 Å². The highest BCUT2D eigenvalue weighted by Crippen LogP contribution is 2.23. The zero-order valence-corrected chi connectivity index (χ0v) is 46.9. The van der Waals surface area contributed by atoms with E-state index in [1.54, 1.807) is 0 Å². The molecule has 0 atom stereocenters. The summed E-state index contributed by atoms with van der Waals surface area (Å²) in [5, 5.41) is 22.4. The monoisotopic (exact) mass is 1050 g/mol. The highest BCUT2D eigenvalue weighted by Gasteiger charge is 2.15. The molecule has 12 heteroatoms. The Balaban J connectivity index is 0.660. The molecule has 0 amide bonds. The minimum atomic E-state index is 0.963. The van der Waals surface area contributed by atoms with E-state index < -0.39 is 0 Å².